The van der Waals surface area contributed by atoms with E-state index in [2.05, 4.69) is 53.7 Å². The fourth-order valence-corrected chi connectivity index (χ4v) is 36.4. The van der Waals surface area contributed by atoms with Gasteiger partial charge in [-0.25, -0.2) is 0 Å². The molecule has 0 amide bonds. The molecule has 0 unspecified atom stereocenters. The normalized spacial score (nSPS) is 14.2. The molecular weight excluding hydrogens is 734 g/mol. The standard InChI is InChI=1S/C12H20O4.6C4H9.2Sn/c1-3-7-15-9-5-11(13)12(14)6-10-16-8-4-2;6*1-3-4-2;;/h3-4,7-8,11-14H,1-2,5-6,9-10H2;6*1,3-4H2,2H3;;/b7-3-,8-4-;;;;;;;;/t11-,12+;;;;;;;;. The van der Waals surface area contributed by atoms with Gasteiger partial charge < -0.3 is 0 Å². The topological polar surface area (TPSA) is 58.9 Å². The predicted molar refractivity (Wildman–Crippen MR) is 191 cm³/mol. The Kier molecular flexibility index (Phi) is 29.4. The molecule has 0 aromatic heterocycles. The Bertz CT molecular complexity index is 542. The molecule has 0 aliphatic rings. The van der Waals surface area contributed by atoms with Crippen LogP contribution in [0.2, 0.25) is 35.5 Å². The van der Waals surface area contributed by atoms with Crippen molar-refractivity contribution in [1.29, 1.82) is 0 Å². The summed E-state index contributed by atoms with van der Waals surface area (Å²) in [7, 11) is 0. The van der Waals surface area contributed by atoms with E-state index in [1.54, 1.807) is 0 Å². The molecule has 250 valence electrons. The van der Waals surface area contributed by atoms with Gasteiger partial charge in [0.25, 0.3) is 0 Å². The van der Waals surface area contributed by atoms with Gasteiger partial charge in [-0.1, -0.05) is 0 Å². The van der Waals surface area contributed by atoms with Gasteiger partial charge in [-0.3, -0.25) is 0 Å². The second kappa shape index (κ2) is 29.0. The van der Waals surface area contributed by atoms with Crippen molar-refractivity contribution in [2.24, 2.45) is 0 Å². The number of hydrogen-bond acceptors (Lipinski definition) is 4. The Morgan fingerprint density at radius 2 is 0.738 bits per heavy atom. The molecule has 0 aliphatic carbocycles. The molecule has 6 heteroatoms. The van der Waals surface area contributed by atoms with E-state index in [-0.39, 0.29) is 0 Å². The van der Waals surface area contributed by atoms with Crippen LogP contribution in [0.4, 0.5) is 0 Å². The Hall–Kier alpha value is 0.597. The summed E-state index contributed by atoms with van der Waals surface area (Å²) >= 11 is -4.30. The first-order valence-corrected chi connectivity index (χ1v) is 34.4. The SMILES string of the molecule is CCC[CH2][Sn]([CH2]/C=C\OCC[C@@H](O)[C@@H](O)CCO/C=C\[CH2][Sn]([CH2]CCC)([CH2]CCC)[CH2]CCC)([CH2]CCC)[CH2]CCC. The molecular formula is C36H74O4Sn2. The van der Waals surface area contributed by atoms with Crippen molar-refractivity contribution in [1.82, 2.24) is 0 Å². The van der Waals surface area contributed by atoms with Crippen LogP contribution in [-0.2, 0) is 9.47 Å². The Morgan fingerprint density at radius 3 is 0.976 bits per heavy atom. The third kappa shape index (κ3) is 21.4. The first kappa shape index (κ1) is 42.6. The van der Waals surface area contributed by atoms with Gasteiger partial charge in [-0.2, -0.15) is 0 Å². The van der Waals surface area contributed by atoms with Gasteiger partial charge in [0.15, 0.2) is 0 Å². The van der Waals surface area contributed by atoms with Crippen LogP contribution < -0.4 is 0 Å². The van der Waals surface area contributed by atoms with Crippen LogP contribution in [-0.4, -0.2) is 72.4 Å². The number of rotatable bonds is 31. The number of aliphatic hydroxyl groups is 2. The maximum atomic E-state index is 10.4. The van der Waals surface area contributed by atoms with Crippen LogP contribution in [0.15, 0.2) is 24.7 Å². The first-order valence-electron chi connectivity index (χ1n) is 18.3. The maximum absolute atomic E-state index is 10.4. The second-order valence-electron chi connectivity index (χ2n) is 13.2. The van der Waals surface area contributed by atoms with E-state index in [1.165, 1.54) is 113 Å². The van der Waals surface area contributed by atoms with Crippen molar-refractivity contribution in [2.75, 3.05) is 13.2 Å². The third-order valence-electron chi connectivity index (χ3n) is 9.36. The van der Waals surface area contributed by atoms with Crippen LogP contribution >= 0.6 is 0 Å². The zero-order valence-electron chi connectivity index (χ0n) is 29.1. The molecule has 0 heterocycles. The first-order chi connectivity index (χ1) is 20.4. The van der Waals surface area contributed by atoms with Gasteiger partial charge in [-0.05, 0) is 0 Å². The number of unbranched alkanes of at least 4 members (excludes halogenated alkanes) is 6. The summed E-state index contributed by atoms with van der Waals surface area (Å²) in [5, 5.41) is 20.9. The van der Waals surface area contributed by atoms with E-state index in [9.17, 15) is 10.2 Å². The van der Waals surface area contributed by atoms with Gasteiger partial charge >= 0.3 is 273 Å². The van der Waals surface area contributed by atoms with Crippen molar-refractivity contribution in [3.8, 4) is 0 Å². The van der Waals surface area contributed by atoms with E-state index < -0.39 is 49.0 Å². The minimum atomic E-state index is -2.15. The summed E-state index contributed by atoms with van der Waals surface area (Å²) in [6, 6.07) is 0. The zero-order valence-corrected chi connectivity index (χ0v) is 34.9. The van der Waals surface area contributed by atoms with Gasteiger partial charge in [0.1, 0.15) is 0 Å². The number of hydrogen-bond donors (Lipinski definition) is 2. The molecule has 0 bridgehead atoms. The average molecular weight is 808 g/mol. The number of aliphatic hydroxyl groups excluding tert-OH is 2. The Balaban J connectivity index is 4.55. The molecule has 0 spiro atoms. The molecule has 2 N–H and O–H groups in total. The summed E-state index contributed by atoms with van der Waals surface area (Å²) < 4.78 is 23.2. The fraction of sp³-hybridized carbons (Fsp3) is 0.889. The van der Waals surface area contributed by atoms with E-state index in [0.29, 0.717) is 26.1 Å². The molecule has 0 saturated heterocycles. The molecule has 0 aromatic rings. The van der Waals surface area contributed by atoms with Crippen molar-refractivity contribution < 1.29 is 19.7 Å². The monoisotopic (exact) mass is 810 g/mol. The third-order valence-corrected chi connectivity index (χ3v) is 39.9. The van der Waals surface area contributed by atoms with Gasteiger partial charge in [0.05, 0.1) is 0 Å². The van der Waals surface area contributed by atoms with E-state index >= 15 is 0 Å². The van der Waals surface area contributed by atoms with Gasteiger partial charge in [0, 0.05) is 0 Å². The predicted octanol–water partition coefficient (Wildman–Crippen LogP) is 11.2. The summed E-state index contributed by atoms with van der Waals surface area (Å²) in [4.78, 5) is 0. The molecule has 42 heavy (non-hydrogen) atoms. The molecule has 0 radical (unpaired) electrons. The second-order valence-corrected chi connectivity index (χ2v) is 41.2. The fourth-order valence-electron chi connectivity index (χ4n) is 6.30. The molecule has 2 atom stereocenters. The van der Waals surface area contributed by atoms with Gasteiger partial charge in [0.2, 0.25) is 0 Å². The quantitative estimate of drug-likeness (QED) is 0.0416. The van der Waals surface area contributed by atoms with Crippen LogP contribution in [0.25, 0.3) is 0 Å². The number of ether oxygens (including phenoxy) is 2. The van der Waals surface area contributed by atoms with Crippen molar-refractivity contribution in [3.05, 3.63) is 24.7 Å². The minimum absolute atomic E-state index is 0.444. The summed E-state index contributed by atoms with van der Waals surface area (Å²) in [6.45, 7) is 14.8. The summed E-state index contributed by atoms with van der Waals surface area (Å²) in [5.74, 6) is 0. The molecule has 0 saturated carbocycles. The van der Waals surface area contributed by atoms with E-state index in [1.807, 2.05) is 12.5 Å². The van der Waals surface area contributed by atoms with E-state index in [4.69, 9.17) is 9.47 Å². The van der Waals surface area contributed by atoms with Crippen molar-refractivity contribution in [2.45, 2.75) is 179 Å². The van der Waals surface area contributed by atoms with Crippen molar-refractivity contribution >= 4 is 36.8 Å². The van der Waals surface area contributed by atoms with E-state index in [0.717, 1.165) is 0 Å². The molecule has 0 fully saturated rings. The summed E-state index contributed by atoms with van der Waals surface area (Å²) in [5.41, 5.74) is 0. The summed E-state index contributed by atoms with van der Waals surface area (Å²) in [6.07, 6.45) is 23.9. The number of allylic oxidation sites excluding steroid dienone is 2. The molecule has 4 nitrogen and oxygen atoms in total. The molecule has 0 rings (SSSR count). The van der Waals surface area contributed by atoms with Crippen LogP contribution in [0.1, 0.15) is 131 Å². The van der Waals surface area contributed by atoms with Crippen molar-refractivity contribution in [3.63, 3.8) is 0 Å². The molecule has 0 aliphatic heterocycles. The van der Waals surface area contributed by atoms with Gasteiger partial charge in [-0.15, -0.1) is 0 Å². The van der Waals surface area contributed by atoms with Crippen LogP contribution in [0, 0.1) is 0 Å². The average Bonchev–Trinajstić information content (AvgIpc) is 3.01. The Labute approximate surface area is 271 Å². The zero-order chi connectivity index (χ0) is 31.4. The van der Waals surface area contributed by atoms with Crippen LogP contribution in [0.3, 0.4) is 0 Å². The Morgan fingerprint density at radius 1 is 0.476 bits per heavy atom. The van der Waals surface area contributed by atoms with Crippen LogP contribution in [0.5, 0.6) is 0 Å². The molecule has 0 aromatic carbocycles.